The van der Waals surface area contributed by atoms with E-state index < -0.39 is 6.10 Å². The molecule has 0 saturated heterocycles. The van der Waals surface area contributed by atoms with Gasteiger partial charge >= 0.3 is 17.9 Å². The second-order valence-corrected chi connectivity index (χ2v) is 24.5. The van der Waals surface area contributed by atoms with Crippen LogP contribution in [0.5, 0.6) is 0 Å². The molecule has 0 saturated carbocycles. The average molecular weight is 1120 g/mol. The van der Waals surface area contributed by atoms with Gasteiger partial charge in [0.1, 0.15) is 13.2 Å². The number of carbonyl (C=O) groups is 3. The molecule has 0 aromatic heterocycles. The second-order valence-electron chi connectivity index (χ2n) is 24.5. The first kappa shape index (κ1) is 77.6. The van der Waals surface area contributed by atoms with Crippen LogP contribution in [0.2, 0.25) is 0 Å². The molecule has 0 radical (unpaired) electrons. The Morgan fingerprint density at radius 1 is 0.250 bits per heavy atom. The van der Waals surface area contributed by atoms with E-state index in [2.05, 4.69) is 57.2 Å². The van der Waals surface area contributed by atoms with Gasteiger partial charge in [0, 0.05) is 19.3 Å². The topological polar surface area (TPSA) is 78.9 Å². The van der Waals surface area contributed by atoms with Crippen LogP contribution in [0.15, 0.2) is 36.5 Å². The number of esters is 3. The molecular formula is C74H138O6. The van der Waals surface area contributed by atoms with Crippen molar-refractivity contribution in [2.24, 2.45) is 0 Å². The van der Waals surface area contributed by atoms with Crippen LogP contribution in [0.25, 0.3) is 0 Å². The van der Waals surface area contributed by atoms with Gasteiger partial charge in [0.2, 0.25) is 0 Å². The smallest absolute Gasteiger partial charge is 0.306 e. The van der Waals surface area contributed by atoms with Gasteiger partial charge in [-0.15, -0.1) is 0 Å². The van der Waals surface area contributed by atoms with Gasteiger partial charge in [-0.1, -0.05) is 359 Å². The molecule has 0 amide bonds. The van der Waals surface area contributed by atoms with E-state index in [0.717, 1.165) is 70.6 Å². The van der Waals surface area contributed by atoms with Gasteiger partial charge in [-0.05, 0) is 57.8 Å². The van der Waals surface area contributed by atoms with Gasteiger partial charge in [-0.25, -0.2) is 0 Å². The van der Waals surface area contributed by atoms with E-state index in [4.69, 9.17) is 14.2 Å². The minimum atomic E-state index is -0.771. The molecule has 0 aliphatic carbocycles. The minimum Gasteiger partial charge on any atom is -0.462 e. The van der Waals surface area contributed by atoms with Crippen molar-refractivity contribution in [1.82, 2.24) is 0 Å². The largest absolute Gasteiger partial charge is 0.462 e. The molecule has 1 unspecified atom stereocenters. The molecule has 0 spiro atoms. The van der Waals surface area contributed by atoms with E-state index >= 15 is 0 Å². The standard InChI is InChI=1S/C74H138O6/c1-4-7-10-13-16-19-22-25-28-30-32-34-36-37-38-40-41-43-46-49-52-55-58-61-64-67-73(76)79-70-71(69-78-72(75)66-63-60-57-54-51-48-45-27-24-21-18-15-12-9-6-3)80-74(77)68-65-62-59-56-53-50-47-44-42-39-35-33-31-29-26-23-20-17-14-11-8-5-2/h22,25,30,32,36-37,71H,4-21,23-24,26-29,31,33-35,38-70H2,1-3H3/b25-22-,32-30-,37-36-. The van der Waals surface area contributed by atoms with Gasteiger partial charge in [0.05, 0.1) is 0 Å². The number of hydrogen-bond donors (Lipinski definition) is 0. The van der Waals surface area contributed by atoms with Crippen LogP contribution < -0.4 is 0 Å². The fraction of sp³-hybridized carbons (Fsp3) is 0.878. The molecular weight excluding hydrogens is 985 g/mol. The van der Waals surface area contributed by atoms with E-state index in [-0.39, 0.29) is 31.1 Å². The highest BCUT2D eigenvalue weighted by molar-refractivity contribution is 5.71. The molecule has 0 fully saturated rings. The van der Waals surface area contributed by atoms with E-state index in [1.54, 1.807) is 0 Å². The van der Waals surface area contributed by atoms with E-state index in [1.807, 2.05) is 0 Å². The third-order valence-corrected chi connectivity index (χ3v) is 16.4. The zero-order chi connectivity index (χ0) is 57.8. The van der Waals surface area contributed by atoms with E-state index in [9.17, 15) is 14.4 Å². The highest BCUT2D eigenvalue weighted by Gasteiger charge is 2.19. The molecule has 0 aromatic rings. The summed E-state index contributed by atoms with van der Waals surface area (Å²) < 4.78 is 17.0. The summed E-state index contributed by atoms with van der Waals surface area (Å²) in [5, 5.41) is 0. The van der Waals surface area contributed by atoms with Crippen molar-refractivity contribution in [1.29, 1.82) is 0 Å². The number of hydrogen-bond acceptors (Lipinski definition) is 6. The van der Waals surface area contributed by atoms with Crippen molar-refractivity contribution in [3.63, 3.8) is 0 Å². The van der Waals surface area contributed by atoms with Gasteiger partial charge < -0.3 is 14.2 Å². The van der Waals surface area contributed by atoms with E-state index in [1.165, 1.54) is 289 Å². The predicted octanol–water partition coefficient (Wildman–Crippen LogP) is 24.7. The monoisotopic (exact) mass is 1120 g/mol. The highest BCUT2D eigenvalue weighted by atomic mass is 16.6. The first-order valence-corrected chi connectivity index (χ1v) is 36.0. The molecule has 0 aromatic carbocycles. The van der Waals surface area contributed by atoms with Crippen LogP contribution in [-0.4, -0.2) is 37.2 Å². The number of allylic oxidation sites excluding steroid dienone is 6. The Bertz CT molecular complexity index is 1340. The Labute approximate surface area is 499 Å². The van der Waals surface area contributed by atoms with Crippen molar-refractivity contribution in [3.8, 4) is 0 Å². The molecule has 80 heavy (non-hydrogen) atoms. The van der Waals surface area contributed by atoms with Gasteiger partial charge in [-0.2, -0.15) is 0 Å². The summed E-state index contributed by atoms with van der Waals surface area (Å²) >= 11 is 0. The van der Waals surface area contributed by atoms with Crippen molar-refractivity contribution >= 4 is 17.9 Å². The molecule has 0 N–H and O–H groups in total. The first-order valence-electron chi connectivity index (χ1n) is 36.0. The lowest BCUT2D eigenvalue weighted by atomic mass is 10.0. The lowest BCUT2D eigenvalue weighted by Gasteiger charge is -2.18. The molecule has 0 bridgehead atoms. The lowest BCUT2D eigenvalue weighted by Crippen LogP contribution is -2.30. The Balaban J connectivity index is 4.28. The summed E-state index contributed by atoms with van der Waals surface area (Å²) in [5.74, 6) is -0.838. The SMILES string of the molecule is CCCCCCC/C=C\C/C=C\C/C=C\CCCCCCCCCCCCC(=O)OCC(COC(=O)CCCCCCCCCCCCCCCCC)OC(=O)CCCCCCCCCCCCCCCCCCCCCCCC. The Hall–Kier alpha value is -2.37. The summed E-state index contributed by atoms with van der Waals surface area (Å²) in [5.41, 5.74) is 0. The summed E-state index contributed by atoms with van der Waals surface area (Å²) in [4.78, 5) is 38.5. The Morgan fingerprint density at radius 2 is 0.450 bits per heavy atom. The van der Waals surface area contributed by atoms with Crippen LogP contribution in [0.3, 0.4) is 0 Å². The van der Waals surface area contributed by atoms with Gasteiger partial charge in [-0.3, -0.25) is 14.4 Å². The molecule has 6 nitrogen and oxygen atoms in total. The third kappa shape index (κ3) is 66.4. The van der Waals surface area contributed by atoms with Crippen LogP contribution in [0.4, 0.5) is 0 Å². The molecule has 0 aliphatic heterocycles. The van der Waals surface area contributed by atoms with Crippen LogP contribution in [0, 0.1) is 0 Å². The second kappa shape index (κ2) is 69.1. The lowest BCUT2D eigenvalue weighted by molar-refractivity contribution is -0.167. The molecule has 0 aliphatic rings. The number of unbranched alkanes of at least 4 members (excludes halogenated alkanes) is 50. The molecule has 470 valence electrons. The molecule has 6 heteroatoms. The normalized spacial score (nSPS) is 12.2. The summed E-state index contributed by atoms with van der Waals surface area (Å²) in [6.45, 7) is 6.71. The number of carbonyl (C=O) groups excluding carboxylic acids is 3. The average Bonchev–Trinajstić information content (AvgIpc) is 3.46. The number of ether oxygens (including phenoxy) is 3. The van der Waals surface area contributed by atoms with Crippen LogP contribution in [-0.2, 0) is 28.6 Å². The highest BCUT2D eigenvalue weighted by Crippen LogP contribution is 2.19. The fourth-order valence-corrected chi connectivity index (χ4v) is 11.0. The van der Waals surface area contributed by atoms with Crippen molar-refractivity contribution in [3.05, 3.63) is 36.5 Å². The third-order valence-electron chi connectivity index (χ3n) is 16.4. The summed E-state index contributed by atoms with van der Waals surface area (Å²) in [6, 6.07) is 0. The van der Waals surface area contributed by atoms with Gasteiger partial charge in [0.15, 0.2) is 6.10 Å². The van der Waals surface area contributed by atoms with Crippen LogP contribution >= 0.6 is 0 Å². The quantitative estimate of drug-likeness (QED) is 0.0261. The van der Waals surface area contributed by atoms with Crippen molar-refractivity contribution in [2.45, 2.75) is 406 Å². The predicted molar refractivity (Wildman–Crippen MR) is 349 cm³/mol. The summed E-state index contributed by atoms with van der Waals surface area (Å²) in [6.07, 6.45) is 86.0. The van der Waals surface area contributed by atoms with E-state index in [0.29, 0.717) is 19.3 Å². The maximum Gasteiger partial charge on any atom is 0.306 e. The zero-order valence-corrected chi connectivity index (χ0v) is 54.1. The molecule has 0 rings (SSSR count). The maximum absolute atomic E-state index is 13.0. The van der Waals surface area contributed by atoms with Gasteiger partial charge in [0.25, 0.3) is 0 Å². The fourth-order valence-electron chi connectivity index (χ4n) is 11.0. The Kier molecular flexibility index (Phi) is 67.1. The maximum atomic E-state index is 13.0. The zero-order valence-electron chi connectivity index (χ0n) is 54.1. The van der Waals surface area contributed by atoms with Crippen molar-refractivity contribution in [2.75, 3.05) is 13.2 Å². The molecule has 1 atom stereocenters. The Morgan fingerprint density at radius 3 is 0.700 bits per heavy atom. The minimum absolute atomic E-state index is 0.0668. The summed E-state index contributed by atoms with van der Waals surface area (Å²) in [7, 11) is 0. The van der Waals surface area contributed by atoms with Crippen LogP contribution in [0.1, 0.15) is 400 Å². The number of rotatable bonds is 67. The van der Waals surface area contributed by atoms with Crippen molar-refractivity contribution < 1.29 is 28.6 Å². The molecule has 0 heterocycles. The first-order chi connectivity index (χ1) is 39.5.